The Morgan fingerprint density at radius 1 is 0.935 bits per heavy atom. The highest BCUT2D eigenvalue weighted by molar-refractivity contribution is 5.82. The number of ketones is 1. The van der Waals surface area contributed by atoms with E-state index >= 15 is 0 Å². The van der Waals surface area contributed by atoms with E-state index in [1.165, 1.54) is 0 Å². The number of Topliss-reactive ketones (excluding diaryl/α,β-unsaturated/α-hetero) is 1. The number of alkyl carbamates (subject to hydrolysis) is 1. The number of nitrogens with one attached hydrogen (secondary N) is 2. The Hall–Kier alpha value is -3.15. The van der Waals surface area contributed by atoms with Gasteiger partial charge >= 0.3 is 6.09 Å². The molecule has 0 bridgehead atoms. The molecule has 2 N–H and O–H groups in total. The van der Waals surface area contributed by atoms with Crippen molar-refractivity contribution in [2.75, 3.05) is 6.54 Å². The minimum Gasteiger partial charge on any atom is -0.445 e. The third kappa shape index (κ3) is 9.94. The van der Waals surface area contributed by atoms with E-state index in [2.05, 4.69) is 17.6 Å². The quantitative estimate of drug-likeness (QED) is 0.531. The third-order valence-electron chi connectivity index (χ3n) is 4.92. The number of rotatable bonds is 12. The van der Waals surface area contributed by atoms with Gasteiger partial charge in [-0.25, -0.2) is 4.79 Å². The van der Waals surface area contributed by atoms with Crippen LogP contribution in [0, 0.1) is 12.8 Å². The molecule has 2 aromatic rings. The van der Waals surface area contributed by atoms with Crippen molar-refractivity contribution in [2.24, 2.45) is 5.92 Å². The van der Waals surface area contributed by atoms with Crippen LogP contribution in [0.15, 0.2) is 60.7 Å². The van der Waals surface area contributed by atoms with Gasteiger partial charge in [0.2, 0.25) is 5.91 Å². The van der Waals surface area contributed by atoms with Gasteiger partial charge in [-0.3, -0.25) is 9.59 Å². The molecule has 6 nitrogen and oxygen atoms in total. The SMILES string of the molecule is [CH2]C(=O)CCC(NC(=O)CCC(C)CNC(=O)OCc1ccccc1)c1ccccc1. The molecular formula is C25H31N2O4. The summed E-state index contributed by atoms with van der Waals surface area (Å²) in [4.78, 5) is 35.6. The van der Waals surface area contributed by atoms with E-state index in [-0.39, 0.29) is 30.3 Å². The number of hydrogen-bond acceptors (Lipinski definition) is 4. The van der Waals surface area contributed by atoms with Crippen molar-refractivity contribution in [1.82, 2.24) is 10.6 Å². The van der Waals surface area contributed by atoms with Crippen LogP contribution in [0.1, 0.15) is 49.8 Å². The van der Waals surface area contributed by atoms with Crippen LogP contribution in [0.2, 0.25) is 0 Å². The monoisotopic (exact) mass is 423 g/mol. The zero-order valence-electron chi connectivity index (χ0n) is 18.0. The molecule has 0 aliphatic carbocycles. The predicted octanol–water partition coefficient (Wildman–Crippen LogP) is 4.37. The van der Waals surface area contributed by atoms with E-state index in [0.717, 1.165) is 11.1 Å². The molecule has 2 unspecified atom stereocenters. The molecule has 2 aromatic carbocycles. The number of carbonyl (C=O) groups excluding carboxylic acids is 3. The summed E-state index contributed by atoms with van der Waals surface area (Å²) in [6, 6.07) is 18.9. The fraction of sp³-hybridized carbons (Fsp3) is 0.360. The summed E-state index contributed by atoms with van der Waals surface area (Å²) in [5.41, 5.74) is 1.89. The maximum absolute atomic E-state index is 12.4. The highest BCUT2D eigenvalue weighted by atomic mass is 16.5. The molecule has 0 heterocycles. The van der Waals surface area contributed by atoms with Crippen LogP contribution in [-0.2, 0) is 20.9 Å². The molecule has 0 fully saturated rings. The lowest BCUT2D eigenvalue weighted by atomic mass is 10.00. The summed E-state index contributed by atoms with van der Waals surface area (Å²) in [5, 5.41) is 5.75. The number of ether oxygens (including phenoxy) is 1. The molecule has 1 radical (unpaired) electrons. The van der Waals surface area contributed by atoms with Gasteiger partial charge in [0.15, 0.2) is 0 Å². The normalized spacial score (nSPS) is 12.5. The standard InChI is InChI=1S/C25H31N2O4/c1-19(17-26-25(30)31-18-21-9-5-3-6-10-21)13-16-24(29)27-23(15-14-20(2)28)22-11-7-4-8-12-22/h3-12,19,23H,2,13-18H2,1H3,(H,26,30)(H,27,29). The Morgan fingerprint density at radius 3 is 2.23 bits per heavy atom. The molecule has 165 valence electrons. The summed E-state index contributed by atoms with van der Waals surface area (Å²) in [5.74, 6) is -0.107. The fourth-order valence-corrected chi connectivity index (χ4v) is 3.09. The molecule has 0 aliphatic rings. The molecule has 0 aromatic heterocycles. The van der Waals surface area contributed by atoms with Gasteiger partial charge in [0.05, 0.1) is 6.04 Å². The maximum atomic E-state index is 12.4. The van der Waals surface area contributed by atoms with Crippen LogP contribution >= 0.6 is 0 Å². The Balaban J connectivity index is 1.70. The molecular weight excluding hydrogens is 392 g/mol. The topological polar surface area (TPSA) is 84.5 Å². The fourth-order valence-electron chi connectivity index (χ4n) is 3.09. The Kier molecular flexibility index (Phi) is 10.3. The highest BCUT2D eigenvalue weighted by Gasteiger charge is 2.16. The smallest absolute Gasteiger partial charge is 0.407 e. The number of amides is 2. The molecule has 2 amide bonds. The molecule has 0 saturated heterocycles. The average Bonchev–Trinajstić information content (AvgIpc) is 2.78. The minimum atomic E-state index is -0.470. The van der Waals surface area contributed by atoms with E-state index in [4.69, 9.17) is 4.74 Å². The summed E-state index contributed by atoms with van der Waals surface area (Å²) in [7, 11) is 0. The maximum Gasteiger partial charge on any atom is 0.407 e. The van der Waals surface area contributed by atoms with Crippen LogP contribution in [0.3, 0.4) is 0 Å². The zero-order chi connectivity index (χ0) is 22.5. The van der Waals surface area contributed by atoms with Crippen LogP contribution in [0.25, 0.3) is 0 Å². The lowest BCUT2D eigenvalue weighted by Gasteiger charge is -2.19. The molecule has 0 saturated carbocycles. The summed E-state index contributed by atoms with van der Waals surface area (Å²) < 4.78 is 5.19. The molecule has 2 atom stereocenters. The Labute approximate surface area is 184 Å². The number of carbonyl (C=O) groups is 3. The first-order chi connectivity index (χ1) is 14.9. The van der Waals surface area contributed by atoms with Gasteiger partial charge in [0.25, 0.3) is 0 Å². The second-order valence-electron chi connectivity index (χ2n) is 7.69. The van der Waals surface area contributed by atoms with Crippen molar-refractivity contribution in [3.05, 3.63) is 78.7 Å². The van der Waals surface area contributed by atoms with Crippen LogP contribution in [0.4, 0.5) is 4.79 Å². The second kappa shape index (κ2) is 13.2. The summed E-state index contributed by atoms with van der Waals surface area (Å²) >= 11 is 0. The first kappa shape index (κ1) is 24.1. The first-order valence-corrected chi connectivity index (χ1v) is 10.6. The van der Waals surface area contributed by atoms with Crippen molar-refractivity contribution in [2.45, 2.75) is 45.3 Å². The van der Waals surface area contributed by atoms with Gasteiger partial charge in [0.1, 0.15) is 12.4 Å². The van der Waals surface area contributed by atoms with Crippen LogP contribution in [-0.4, -0.2) is 24.3 Å². The van der Waals surface area contributed by atoms with Gasteiger partial charge < -0.3 is 15.4 Å². The van der Waals surface area contributed by atoms with Crippen molar-refractivity contribution in [1.29, 1.82) is 0 Å². The van der Waals surface area contributed by atoms with E-state index in [1.807, 2.05) is 67.6 Å². The highest BCUT2D eigenvalue weighted by Crippen LogP contribution is 2.19. The first-order valence-electron chi connectivity index (χ1n) is 10.6. The predicted molar refractivity (Wildman–Crippen MR) is 120 cm³/mol. The van der Waals surface area contributed by atoms with E-state index in [9.17, 15) is 14.4 Å². The van der Waals surface area contributed by atoms with Gasteiger partial charge in [-0.15, -0.1) is 0 Å². The molecule has 31 heavy (non-hydrogen) atoms. The van der Waals surface area contributed by atoms with Crippen molar-refractivity contribution in [3.63, 3.8) is 0 Å². The van der Waals surface area contributed by atoms with Crippen LogP contribution < -0.4 is 10.6 Å². The van der Waals surface area contributed by atoms with Gasteiger partial charge in [-0.2, -0.15) is 0 Å². The van der Waals surface area contributed by atoms with Gasteiger partial charge in [-0.05, 0) is 29.9 Å². The Bertz CT molecular complexity index is 824. The second-order valence-corrected chi connectivity index (χ2v) is 7.69. The third-order valence-corrected chi connectivity index (χ3v) is 4.92. The van der Waals surface area contributed by atoms with E-state index < -0.39 is 6.09 Å². The van der Waals surface area contributed by atoms with E-state index in [1.54, 1.807) is 0 Å². The molecule has 0 spiro atoms. The number of hydrogen-bond donors (Lipinski definition) is 2. The number of benzene rings is 2. The lowest BCUT2D eigenvalue weighted by molar-refractivity contribution is -0.122. The van der Waals surface area contributed by atoms with Crippen molar-refractivity contribution < 1.29 is 19.1 Å². The zero-order valence-corrected chi connectivity index (χ0v) is 18.0. The van der Waals surface area contributed by atoms with E-state index in [0.29, 0.717) is 32.2 Å². The van der Waals surface area contributed by atoms with Crippen molar-refractivity contribution in [3.8, 4) is 0 Å². The van der Waals surface area contributed by atoms with Crippen LogP contribution in [0.5, 0.6) is 0 Å². The average molecular weight is 424 g/mol. The lowest BCUT2D eigenvalue weighted by Crippen LogP contribution is -2.31. The van der Waals surface area contributed by atoms with Gasteiger partial charge in [0, 0.05) is 26.3 Å². The summed E-state index contributed by atoms with van der Waals surface area (Å²) in [6.45, 7) is 6.04. The minimum absolute atomic E-state index is 0.0798. The molecule has 2 rings (SSSR count). The van der Waals surface area contributed by atoms with Gasteiger partial charge in [-0.1, -0.05) is 67.6 Å². The summed E-state index contributed by atoms with van der Waals surface area (Å²) in [6.07, 6.45) is 1.32. The molecule has 0 aliphatic heterocycles. The van der Waals surface area contributed by atoms with Crippen molar-refractivity contribution >= 4 is 17.8 Å². The molecule has 6 heteroatoms. The Morgan fingerprint density at radius 2 is 1.58 bits per heavy atom. The largest absolute Gasteiger partial charge is 0.445 e.